The molecule has 0 aliphatic heterocycles. The third-order valence-corrected chi connectivity index (χ3v) is 7.29. The topological polar surface area (TPSA) is 43.4 Å². The van der Waals surface area contributed by atoms with Gasteiger partial charge in [0.1, 0.15) is 0 Å². The summed E-state index contributed by atoms with van der Waals surface area (Å²) in [6.07, 6.45) is 0.561. The average molecular weight is 216 g/mol. The van der Waals surface area contributed by atoms with E-state index in [0.717, 1.165) is 0 Å². The Morgan fingerprint density at radius 3 is 2.21 bits per heavy atom. The second-order valence-corrected chi connectivity index (χ2v) is 9.75. The Labute approximate surface area is 87.0 Å². The van der Waals surface area contributed by atoms with E-state index < -0.39 is 8.32 Å². The Kier molecular flexibility index (Phi) is 4.67. The van der Waals surface area contributed by atoms with Crippen molar-refractivity contribution in [2.45, 2.75) is 45.3 Å². The first kappa shape index (κ1) is 13.5. The van der Waals surface area contributed by atoms with Gasteiger partial charge >= 0.3 is 0 Å². The Morgan fingerprint density at radius 2 is 1.86 bits per heavy atom. The van der Waals surface area contributed by atoms with Crippen molar-refractivity contribution in [2.24, 2.45) is 0 Å². The molecule has 0 heterocycles. The van der Waals surface area contributed by atoms with Crippen LogP contribution in [0.15, 0.2) is 0 Å². The minimum Gasteiger partial charge on any atom is -0.416 e. The first-order chi connectivity index (χ1) is 6.20. The number of ketones is 1. The van der Waals surface area contributed by atoms with Gasteiger partial charge in [-0.2, -0.15) is 0 Å². The van der Waals surface area contributed by atoms with Gasteiger partial charge in [-0.3, -0.25) is 9.59 Å². The molecule has 14 heavy (non-hydrogen) atoms. The summed E-state index contributed by atoms with van der Waals surface area (Å²) in [4.78, 5) is 20.8. The van der Waals surface area contributed by atoms with Gasteiger partial charge in [0, 0.05) is 13.0 Å². The molecule has 0 radical (unpaired) electrons. The van der Waals surface area contributed by atoms with Gasteiger partial charge in [-0.05, 0) is 18.1 Å². The van der Waals surface area contributed by atoms with Crippen molar-refractivity contribution in [3.8, 4) is 0 Å². The highest BCUT2D eigenvalue weighted by Crippen LogP contribution is 2.36. The second-order valence-electron chi connectivity index (χ2n) is 4.94. The smallest absolute Gasteiger partial charge is 0.197 e. The van der Waals surface area contributed by atoms with Crippen molar-refractivity contribution in [3.05, 3.63) is 0 Å². The molecule has 82 valence electrons. The van der Waals surface area contributed by atoms with Crippen LogP contribution in [0.4, 0.5) is 0 Å². The van der Waals surface area contributed by atoms with Crippen LogP contribution in [0.3, 0.4) is 0 Å². The van der Waals surface area contributed by atoms with Crippen molar-refractivity contribution in [2.75, 3.05) is 6.61 Å². The Balaban J connectivity index is 4.01. The normalized spacial score (nSPS) is 12.6. The SMILES string of the molecule is CC(C)(C)[Si](C)(C)OCCC(=O)C=O. The van der Waals surface area contributed by atoms with E-state index >= 15 is 0 Å². The lowest BCUT2D eigenvalue weighted by atomic mass is 10.2. The highest BCUT2D eigenvalue weighted by Gasteiger charge is 2.36. The first-order valence-electron chi connectivity index (χ1n) is 4.82. The zero-order valence-corrected chi connectivity index (χ0v) is 10.7. The highest BCUT2D eigenvalue weighted by atomic mass is 28.4. The van der Waals surface area contributed by atoms with E-state index in [1.807, 2.05) is 0 Å². The van der Waals surface area contributed by atoms with Crippen LogP contribution in [0.5, 0.6) is 0 Å². The molecule has 0 saturated heterocycles. The predicted molar refractivity (Wildman–Crippen MR) is 58.8 cm³/mol. The van der Waals surface area contributed by atoms with E-state index in [2.05, 4.69) is 33.9 Å². The molecule has 0 aromatic heterocycles. The van der Waals surface area contributed by atoms with E-state index in [4.69, 9.17) is 4.43 Å². The molecule has 0 unspecified atom stereocenters. The van der Waals surface area contributed by atoms with E-state index in [0.29, 0.717) is 12.9 Å². The van der Waals surface area contributed by atoms with Gasteiger partial charge in [0.25, 0.3) is 0 Å². The lowest BCUT2D eigenvalue weighted by Crippen LogP contribution is -2.41. The quantitative estimate of drug-likeness (QED) is 0.402. The molecule has 0 spiro atoms. The molecule has 0 amide bonds. The first-order valence-corrected chi connectivity index (χ1v) is 7.73. The molecule has 0 aromatic rings. The van der Waals surface area contributed by atoms with Crippen LogP contribution in [0.25, 0.3) is 0 Å². The zero-order valence-electron chi connectivity index (χ0n) is 9.72. The summed E-state index contributed by atoms with van der Waals surface area (Å²) in [5.74, 6) is -0.385. The van der Waals surface area contributed by atoms with Crippen LogP contribution >= 0.6 is 0 Å². The van der Waals surface area contributed by atoms with E-state index in [1.165, 1.54) is 0 Å². The molecule has 0 aromatic carbocycles. The molecular weight excluding hydrogens is 196 g/mol. The molecule has 0 N–H and O–H groups in total. The van der Waals surface area contributed by atoms with Crippen molar-refractivity contribution < 1.29 is 14.0 Å². The number of hydrogen-bond donors (Lipinski definition) is 0. The summed E-state index contributed by atoms with van der Waals surface area (Å²) in [6, 6.07) is 0. The van der Waals surface area contributed by atoms with Crippen molar-refractivity contribution in [1.82, 2.24) is 0 Å². The molecule has 0 saturated carbocycles. The summed E-state index contributed by atoms with van der Waals surface area (Å²) < 4.78 is 5.73. The number of carbonyl (C=O) groups is 2. The van der Waals surface area contributed by atoms with Crippen LogP contribution in [0.1, 0.15) is 27.2 Å². The van der Waals surface area contributed by atoms with E-state index in [1.54, 1.807) is 0 Å². The number of Topliss-reactive ketones (excluding diaryl/α,β-unsaturated/α-hetero) is 1. The maximum Gasteiger partial charge on any atom is 0.197 e. The molecule has 0 fully saturated rings. The third-order valence-electron chi connectivity index (χ3n) is 2.75. The fraction of sp³-hybridized carbons (Fsp3) is 0.800. The van der Waals surface area contributed by atoms with Gasteiger partial charge < -0.3 is 4.43 Å². The average Bonchev–Trinajstić information content (AvgIpc) is 2.01. The molecule has 0 aliphatic rings. The lowest BCUT2D eigenvalue weighted by molar-refractivity contribution is -0.130. The van der Waals surface area contributed by atoms with Gasteiger partial charge in [0.15, 0.2) is 20.4 Å². The molecule has 4 heteroatoms. The maximum absolute atomic E-state index is 10.7. The molecule has 0 rings (SSSR count). The Bertz CT molecular complexity index is 216. The fourth-order valence-electron chi connectivity index (χ4n) is 0.682. The van der Waals surface area contributed by atoms with E-state index in [-0.39, 0.29) is 17.2 Å². The number of carbonyl (C=O) groups excluding carboxylic acids is 2. The van der Waals surface area contributed by atoms with Gasteiger partial charge in [0.05, 0.1) is 0 Å². The second kappa shape index (κ2) is 4.84. The standard InChI is InChI=1S/C10H20O3Si/c1-10(2,3)14(4,5)13-7-6-9(12)8-11/h8H,6-7H2,1-5H3. The molecule has 0 atom stereocenters. The summed E-state index contributed by atoms with van der Waals surface area (Å²) in [5, 5.41) is 0.150. The van der Waals surface area contributed by atoms with Gasteiger partial charge in [-0.15, -0.1) is 0 Å². The lowest BCUT2D eigenvalue weighted by Gasteiger charge is -2.36. The third kappa shape index (κ3) is 4.15. The fourth-order valence-corrected chi connectivity index (χ4v) is 1.73. The zero-order chi connectivity index (χ0) is 11.4. The van der Waals surface area contributed by atoms with Crippen molar-refractivity contribution in [1.29, 1.82) is 0 Å². The number of hydrogen-bond acceptors (Lipinski definition) is 3. The minimum absolute atomic E-state index is 0.150. The summed E-state index contributed by atoms with van der Waals surface area (Å²) >= 11 is 0. The predicted octanol–water partition coefficient (Wildman–Crippen LogP) is 2.17. The summed E-state index contributed by atoms with van der Waals surface area (Å²) in [7, 11) is -1.75. The van der Waals surface area contributed by atoms with Gasteiger partial charge in [-0.1, -0.05) is 20.8 Å². The number of rotatable bonds is 5. The Hall–Kier alpha value is -0.483. The van der Waals surface area contributed by atoms with Crippen molar-refractivity contribution in [3.63, 3.8) is 0 Å². The van der Waals surface area contributed by atoms with Gasteiger partial charge in [0.2, 0.25) is 0 Å². The summed E-state index contributed by atoms with van der Waals surface area (Å²) in [6.45, 7) is 11.0. The van der Waals surface area contributed by atoms with Crippen LogP contribution < -0.4 is 0 Å². The minimum atomic E-state index is -1.75. The van der Waals surface area contributed by atoms with Gasteiger partial charge in [-0.25, -0.2) is 0 Å². The highest BCUT2D eigenvalue weighted by molar-refractivity contribution is 6.74. The van der Waals surface area contributed by atoms with Crippen molar-refractivity contribution >= 4 is 20.4 Å². The monoisotopic (exact) mass is 216 g/mol. The van der Waals surface area contributed by atoms with Crippen LogP contribution in [-0.4, -0.2) is 27.0 Å². The maximum atomic E-state index is 10.7. The van der Waals surface area contributed by atoms with Crippen LogP contribution in [0, 0.1) is 0 Å². The number of aldehydes is 1. The Morgan fingerprint density at radius 1 is 1.36 bits per heavy atom. The van der Waals surface area contributed by atoms with E-state index in [9.17, 15) is 9.59 Å². The van der Waals surface area contributed by atoms with Crippen LogP contribution in [0.2, 0.25) is 18.1 Å². The van der Waals surface area contributed by atoms with Crippen LogP contribution in [-0.2, 0) is 14.0 Å². The molecule has 3 nitrogen and oxygen atoms in total. The molecule has 0 aliphatic carbocycles. The summed E-state index contributed by atoms with van der Waals surface area (Å²) in [5.41, 5.74) is 0. The molecular formula is C10H20O3Si. The molecule has 0 bridgehead atoms. The largest absolute Gasteiger partial charge is 0.416 e.